The molecule has 0 atom stereocenters. The van der Waals surface area contributed by atoms with Crippen molar-refractivity contribution < 1.29 is 4.74 Å². The van der Waals surface area contributed by atoms with Crippen molar-refractivity contribution in [2.45, 2.75) is 52.4 Å². The van der Waals surface area contributed by atoms with Crippen LogP contribution in [0.25, 0.3) is 0 Å². The second-order valence-corrected chi connectivity index (χ2v) is 4.26. The van der Waals surface area contributed by atoms with Crippen LogP contribution in [0.4, 0.5) is 0 Å². The zero-order valence-electron chi connectivity index (χ0n) is 10.7. The second kappa shape index (κ2) is 8.20. The van der Waals surface area contributed by atoms with Crippen LogP contribution in [0.1, 0.15) is 51.5 Å². The molecule has 0 aromatic heterocycles. The van der Waals surface area contributed by atoms with E-state index >= 15 is 0 Å². The first-order valence-corrected chi connectivity index (χ1v) is 6.58. The van der Waals surface area contributed by atoms with Crippen LogP contribution in [0.3, 0.4) is 0 Å². The molecule has 0 saturated carbocycles. The van der Waals surface area contributed by atoms with Crippen molar-refractivity contribution in [3.05, 3.63) is 29.8 Å². The maximum Gasteiger partial charge on any atom is 0.119 e. The molecular formula is C15H24O. The van der Waals surface area contributed by atoms with Crippen LogP contribution in [0, 0.1) is 0 Å². The van der Waals surface area contributed by atoms with E-state index in [4.69, 9.17) is 4.74 Å². The van der Waals surface area contributed by atoms with E-state index in [1.807, 2.05) is 6.07 Å². The zero-order chi connectivity index (χ0) is 11.6. The summed E-state index contributed by atoms with van der Waals surface area (Å²) in [6, 6.07) is 8.41. The lowest BCUT2D eigenvalue weighted by atomic mass is 10.1. The summed E-state index contributed by atoms with van der Waals surface area (Å²) in [5.74, 6) is 1.02. The fourth-order valence-electron chi connectivity index (χ4n) is 1.75. The van der Waals surface area contributed by atoms with E-state index in [0.717, 1.165) is 18.8 Å². The van der Waals surface area contributed by atoms with Gasteiger partial charge in [0, 0.05) is 0 Å². The van der Waals surface area contributed by atoms with Crippen molar-refractivity contribution in [2.24, 2.45) is 0 Å². The maximum absolute atomic E-state index is 5.73. The molecule has 0 bridgehead atoms. The molecule has 1 aromatic rings. The fourth-order valence-corrected chi connectivity index (χ4v) is 1.75. The van der Waals surface area contributed by atoms with Crippen LogP contribution < -0.4 is 4.74 Å². The number of ether oxygens (including phenoxy) is 1. The van der Waals surface area contributed by atoms with E-state index in [1.54, 1.807) is 0 Å². The van der Waals surface area contributed by atoms with Crippen molar-refractivity contribution >= 4 is 0 Å². The Labute approximate surface area is 99.8 Å². The molecular weight excluding hydrogens is 196 g/mol. The number of rotatable bonds is 8. The van der Waals surface area contributed by atoms with E-state index in [9.17, 15) is 0 Å². The monoisotopic (exact) mass is 220 g/mol. The largest absolute Gasteiger partial charge is 0.494 e. The van der Waals surface area contributed by atoms with E-state index < -0.39 is 0 Å². The number of benzene rings is 1. The molecule has 0 aliphatic heterocycles. The molecule has 0 fully saturated rings. The molecule has 0 N–H and O–H groups in total. The van der Waals surface area contributed by atoms with Crippen molar-refractivity contribution in [1.82, 2.24) is 0 Å². The lowest BCUT2D eigenvalue weighted by molar-refractivity contribution is 0.304. The average molecular weight is 220 g/mol. The van der Waals surface area contributed by atoms with Gasteiger partial charge in [0.15, 0.2) is 0 Å². The predicted molar refractivity (Wildman–Crippen MR) is 70.1 cm³/mol. The second-order valence-electron chi connectivity index (χ2n) is 4.26. The summed E-state index contributed by atoms with van der Waals surface area (Å²) in [6.45, 7) is 5.27. The smallest absolute Gasteiger partial charge is 0.119 e. The first-order valence-electron chi connectivity index (χ1n) is 6.58. The molecule has 1 rings (SSSR count). The van der Waals surface area contributed by atoms with Gasteiger partial charge in [0.1, 0.15) is 5.75 Å². The number of aryl methyl sites for hydroxylation is 1. The highest BCUT2D eigenvalue weighted by Crippen LogP contribution is 2.14. The van der Waals surface area contributed by atoms with Crippen molar-refractivity contribution in [1.29, 1.82) is 0 Å². The highest BCUT2D eigenvalue weighted by Gasteiger charge is 1.95. The first kappa shape index (κ1) is 13.1. The zero-order valence-corrected chi connectivity index (χ0v) is 10.7. The molecule has 0 aliphatic carbocycles. The third-order valence-electron chi connectivity index (χ3n) is 2.82. The minimum atomic E-state index is 0.858. The van der Waals surface area contributed by atoms with Gasteiger partial charge in [0.05, 0.1) is 6.61 Å². The Morgan fingerprint density at radius 2 is 1.81 bits per heavy atom. The summed E-state index contributed by atoms with van der Waals surface area (Å²) in [4.78, 5) is 0. The Morgan fingerprint density at radius 3 is 2.56 bits per heavy atom. The highest BCUT2D eigenvalue weighted by molar-refractivity contribution is 5.28. The third-order valence-corrected chi connectivity index (χ3v) is 2.82. The summed E-state index contributed by atoms with van der Waals surface area (Å²) in [5, 5.41) is 0. The Hall–Kier alpha value is -0.980. The van der Waals surface area contributed by atoms with E-state index in [1.165, 1.54) is 37.7 Å². The molecule has 0 spiro atoms. The molecule has 90 valence electrons. The van der Waals surface area contributed by atoms with Gasteiger partial charge in [0.25, 0.3) is 0 Å². The Bertz CT molecular complexity index is 281. The third kappa shape index (κ3) is 5.20. The molecule has 0 aliphatic rings. The lowest BCUT2D eigenvalue weighted by Crippen LogP contribution is -1.97. The van der Waals surface area contributed by atoms with Gasteiger partial charge in [-0.2, -0.15) is 0 Å². The van der Waals surface area contributed by atoms with Gasteiger partial charge in [-0.05, 0) is 30.5 Å². The van der Waals surface area contributed by atoms with Crippen LogP contribution in [0.5, 0.6) is 5.75 Å². The SMILES string of the molecule is CCCCCCCOc1cccc(CC)c1. The molecule has 1 nitrogen and oxygen atoms in total. The van der Waals surface area contributed by atoms with Crippen molar-refractivity contribution in [3.63, 3.8) is 0 Å². The van der Waals surface area contributed by atoms with Gasteiger partial charge in [-0.25, -0.2) is 0 Å². The average Bonchev–Trinajstić information content (AvgIpc) is 2.34. The molecule has 0 unspecified atom stereocenters. The molecule has 0 radical (unpaired) electrons. The van der Waals surface area contributed by atoms with E-state index in [2.05, 4.69) is 32.0 Å². The Kier molecular flexibility index (Phi) is 6.71. The summed E-state index contributed by atoms with van der Waals surface area (Å²) >= 11 is 0. The van der Waals surface area contributed by atoms with Crippen molar-refractivity contribution in [2.75, 3.05) is 6.61 Å². The van der Waals surface area contributed by atoms with Gasteiger partial charge >= 0.3 is 0 Å². The standard InChI is InChI=1S/C15H24O/c1-3-5-6-7-8-12-16-15-11-9-10-14(4-2)13-15/h9-11,13H,3-8,12H2,1-2H3. The summed E-state index contributed by atoms with van der Waals surface area (Å²) in [7, 11) is 0. The minimum Gasteiger partial charge on any atom is -0.494 e. The normalized spacial score (nSPS) is 10.4. The Morgan fingerprint density at radius 1 is 1.00 bits per heavy atom. The molecule has 1 aromatic carbocycles. The van der Waals surface area contributed by atoms with Gasteiger partial charge in [-0.1, -0.05) is 51.7 Å². The highest BCUT2D eigenvalue weighted by atomic mass is 16.5. The summed E-state index contributed by atoms with van der Waals surface area (Å²) < 4.78 is 5.73. The quantitative estimate of drug-likeness (QED) is 0.582. The van der Waals surface area contributed by atoms with Gasteiger partial charge in [-0.15, -0.1) is 0 Å². The van der Waals surface area contributed by atoms with Crippen LogP contribution in [-0.2, 0) is 6.42 Å². The van der Waals surface area contributed by atoms with E-state index in [-0.39, 0.29) is 0 Å². The molecule has 0 saturated heterocycles. The molecule has 1 heteroatoms. The Balaban J connectivity index is 2.16. The predicted octanol–water partition coefficient (Wildman–Crippen LogP) is 4.60. The van der Waals surface area contributed by atoms with Gasteiger partial charge in [-0.3, -0.25) is 0 Å². The molecule has 0 heterocycles. The maximum atomic E-state index is 5.73. The van der Waals surface area contributed by atoms with Gasteiger partial charge < -0.3 is 4.74 Å². The van der Waals surface area contributed by atoms with Crippen LogP contribution in [-0.4, -0.2) is 6.61 Å². The van der Waals surface area contributed by atoms with E-state index in [0.29, 0.717) is 0 Å². The van der Waals surface area contributed by atoms with Crippen LogP contribution >= 0.6 is 0 Å². The fraction of sp³-hybridized carbons (Fsp3) is 0.600. The summed E-state index contributed by atoms with van der Waals surface area (Å²) in [5.41, 5.74) is 1.35. The minimum absolute atomic E-state index is 0.858. The number of hydrogen-bond donors (Lipinski definition) is 0. The first-order chi connectivity index (χ1) is 7.86. The lowest BCUT2D eigenvalue weighted by Gasteiger charge is -2.07. The number of unbranched alkanes of at least 4 members (excludes halogenated alkanes) is 4. The molecule has 16 heavy (non-hydrogen) atoms. The van der Waals surface area contributed by atoms with Crippen molar-refractivity contribution in [3.8, 4) is 5.75 Å². The number of hydrogen-bond acceptors (Lipinski definition) is 1. The molecule has 0 amide bonds. The van der Waals surface area contributed by atoms with Crippen LogP contribution in [0.15, 0.2) is 24.3 Å². The van der Waals surface area contributed by atoms with Crippen LogP contribution in [0.2, 0.25) is 0 Å². The van der Waals surface area contributed by atoms with Gasteiger partial charge in [0.2, 0.25) is 0 Å². The topological polar surface area (TPSA) is 9.23 Å². The summed E-state index contributed by atoms with van der Waals surface area (Å²) in [6.07, 6.45) is 7.55.